The third-order valence-electron chi connectivity index (χ3n) is 1.61. The third kappa shape index (κ3) is 6.81. The summed E-state index contributed by atoms with van der Waals surface area (Å²) in [5.41, 5.74) is 0. The van der Waals surface area contributed by atoms with Crippen molar-refractivity contribution in [1.82, 2.24) is 4.72 Å². The van der Waals surface area contributed by atoms with Crippen LogP contribution in [0.15, 0.2) is 0 Å². The summed E-state index contributed by atoms with van der Waals surface area (Å²) in [4.78, 5) is 31.9. The summed E-state index contributed by atoms with van der Waals surface area (Å²) in [7, 11) is -4.26. The van der Waals surface area contributed by atoms with Gasteiger partial charge in [-0.25, -0.2) is 8.42 Å². The molecule has 0 aliphatic rings. The number of aliphatic carboxylic acids is 2. The van der Waals surface area contributed by atoms with Crippen LogP contribution in [0.4, 0.5) is 0 Å². The van der Waals surface area contributed by atoms with Crippen molar-refractivity contribution in [3.63, 3.8) is 0 Å². The number of sulfonamides is 1. The van der Waals surface area contributed by atoms with Gasteiger partial charge in [0, 0.05) is 0 Å². The molecule has 0 unspecified atom stereocenters. The average molecular weight is 283 g/mol. The van der Waals surface area contributed by atoms with Crippen molar-refractivity contribution in [1.29, 1.82) is 0 Å². The fourth-order valence-electron chi connectivity index (χ4n) is 0.970. The number of rotatable bonds is 8. The molecule has 0 aromatic heterocycles. The quantitative estimate of drug-likeness (QED) is 0.451. The van der Waals surface area contributed by atoms with Crippen molar-refractivity contribution < 1.29 is 37.8 Å². The molecule has 0 radical (unpaired) electrons. The van der Waals surface area contributed by atoms with Gasteiger partial charge in [-0.2, -0.15) is 4.72 Å². The lowest BCUT2D eigenvalue weighted by molar-refractivity contribution is -0.145. The largest absolute Gasteiger partial charge is 0.481 e. The zero-order valence-electron chi connectivity index (χ0n) is 9.45. The Labute approximate surface area is 103 Å². The van der Waals surface area contributed by atoms with E-state index in [2.05, 4.69) is 4.74 Å². The molecule has 0 bridgehead atoms. The Morgan fingerprint density at radius 3 is 2.22 bits per heavy atom. The Morgan fingerprint density at radius 1 is 1.28 bits per heavy atom. The van der Waals surface area contributed by atoms with E-state index in [1.165, 1.54) is 6.92 Å². The number of carbonyl (C=O) groups is 3. The van der Waals surface area contributed by atoms with Gasteiger partial charge in [-0.3, -0.25) is 14.4 Å². The predicted octanol–water partition coefficient (Wildman–Crippen LogP) is -1.60. The molecular weight excluding hydrogens is 270 g/mol. The van der Waals surface area contributed by atoms with Crippen molar-refractivity contribution in [2.24, 2.45) is 0 Å². The molecule has 3 N–H and O–H groups in total. The van der Waals surface area contributed by atoms with Gasteiger partial charge in [0.1, 0.15) is 6.04 Å². The number of esters is 1. The van der Waals surface area contributed by atoms with Crippen LogP contribution in [-0.4, -0.2) is 54.9 Å². The zero-order chi connectivity index (χ0) is 14.3. The van der Waals surface area contributed by atoms with E-state index in [4.69, 9.17) is 10.2 Å². The molecule has 0 amide bonds. The molecule has 0 saturated carbocycles. The molecule has 0 fully saturated rings. The van der Waals surface area contributed by atoms with Crippen LogP contribution in [0, 0.1) is 0 Å². The Hall–Kier alpha value is -1.68. The van der Waals surface area contributed by atoms with E-state index in [1.807, 2.05) is 0 Å². The van der Waals surface area contributed by atoms with Gasteiger partial charge < -0.3 is 14.9 Å². The standard InChI is InChI=1S/C8H13NO8S/c1-2-17-7(12)4-18(15,16)9-5(8(13)14)3-6(10)11/h5,9H,2-4H2,1H3,(H,10,11)(H,13,14)/t5-/m1/s1. The highest BCUT2D eigenvalue weighted by Crippen LogP contribution is 1.98. The van der Waals surface area contributed by atoms with Gasteiger partial charge in [-0.15, -0.1) is 0 Å². The van der Waals surface area contributed by atoms with Crippen LogP contribution in [0.5, 0.6) is 0 Å². The number of hydrogen-bond acceptors (Lipinski definition) is 6. The number of carbonyl (C=O) groups excluding carboxylic acids is 1. The maximum Gasteiger partial charge on any atom is 0.322 e. The molecule has 104 valence electrons. The molecule has 18 heavy (non-hydrogen) atoms. The number of ether oxygens (including phenoxy) is 1. The molecule has 0 aromatic carbocycles. The second-order valence-corrected chi connectivity index (χ2v) is 4.92. The molecule has 0 aliphatic carbocycles. The first-order valence-corrected chi connectivity index (χ1v) is 6.43. The van der Waals surface area contributed by atoms with Crippen LogP contribution < -0.4 is 4.72 Å². The first-order chi connectivity index (χ1) is 8.18. The van der Waals surface area contributed by atoms with Crippen molar-refractivity contribution in [3.8, 4) is 0 Å². The number of nitrogens with one attached hydrogen (secondary N) is 1. The summed E-state index contributed by atoms with van der Waals surface area (Å²) >= 11 is 0. The number of carboxylic acid groups (broad SMARTS) is 2. The number of carboxylic acids is 2. The smallest absolute Gasteiger partial charge is 0.322 e. The first-order valence-electron chi connectivity index (χ1n) is 4.78. The molecular formula is C8H13NO8S. The summed E-state index contributed by atoms with van der Waals surface area (Å²) in [6.45, 7) is 1.45. The van der Waals surface area contributed by atoms with Crippen LogP contribution in [0.25, 0.3) is 0 Å². The lowest BCUT2D eigenvalue weighted by Gasteiger charge is -2.12. The maximum absolute atomic E-state index is 11.3. The fourth-order valence-corrected chi connectivity index (χ4v) is 2.06. The van der Waals surface area contributed by atoms with Crippen LogP contribution in [-0.2, 0) is 29.1 Å². The van der Waals surface area contributed by atoms with E-state index < -0.39 is 46.1 Å². The van der Waals surface area contributed by atoms with Gasteiger partial charge in [0.25, 0.3) is 0 Å². The van der Waals surface area contributed by atoms with Crippen LogP contribution in [0.1, 0.15) is 13.3 Å². The van der Waals surface area contributed by atoms with Crippen molar-refractivity contribution in [3.05, 3.63) is 0 Å². The number of hydrogen-bond donors (Lipinski definition) is 3. The summed E-state index contributed by atoms with van der Waals surface area (Å²) < 4.78 is 28.7. The molecule has 0 saturated heterocycles. The fraction of sp³-hybridized carbons (Fsp3) is 0.625. The van der Waals surface area contributed by atoms with E-state index in [1.54, 1.807) is 4.72 Å². The second-order valence-electron chi connectivity index (χ2n) is 3.17. The molecule has 1 atom stereocenters. The zero-order valence-corrected chi connectivity index (χ0v) is 10.3. The SMILES string of the molecule is CCOC(=O)CS(=O)(=O)N[C@H](CC(=O)O)C(=O)O. The lowest BCUT2D eigenvalue weighted by Crippen LogP contribution is -2.44. The molecule has 0 rings (SSSR count). The van der Waals surface area contributed by atoms with Gasteiger partial charge in [0.2, 0.25) is 10.0 Å². The highest BCUT2D eigenvalue weighted by Gasteiger charge is 2.28. The molecule has 0 aliphatic heterocycles. The minimum Gasteiger partial charge on any atom is -0.481 e. The Morgan fingerprint density at radius 2 is 1.83 bits per heavy atom. The van der Waals surface area contributed by atoms with Gasteiger partial charge >= 0.3 is 17.9 Å². The minimum absolute atomic E-state index is 0.0220. The van der Waals surface area contributed by atoms with E-state index in [-0.39, 0.29) is 6.61 Å². The van der Waals surface area contributed by atoms with Gasteiger partial charge in [-0.1, -0.05) is 0 Å². The molecule has 0 spiro atoms. The van der Waals surface area contributed by atoms with Crippen LogP contribution in [0.2, 0.25) is 0 Å². The molecule has 0 aromatic rings. The lowest BCUT2D eigenvalue weighted by atomic mass is 10.2. The maximum atomic E-state index is 11.3. The van der Waals surface area contributed by atoms with E-state index in [0.29, 0.717) is 0 Å². The summed E-state index contributed by atoms with van der Waals surface area (Å²) in [5.74, 6) is -5.25. The Kier molecular flexibility index (Phi) is 6.27. The summed E-state index contributed by atoms with van der Waals surface area (Å²) in [6.07, 6.45) is -0.933. The van der Waals surface area contributed by atoms with Crippen LogP contribution in [0.3, 0.4) is 0 Å². The Bertz CT molecular complexity index is 428. The first kappa shape index (κ1) is 16.3. The van der Waals surface area contributed by atoms with Crippen molar-refractivity contribution in [2.45, 2.75) is 19.4 Å². The average Bonchev–Trinajstić information content (AvgIpc) is 2.14. The second kappa shape index (κ2) is 6.91. The van der Waals surface area contributed by atoms with E-state index in [0.717, 1.165) is 0 Å². The van der Waals surface area contributed by atoms with Crippen molar-refractivity contribution >= 4 is 27.9 Å². The minimum atomic E-state index is -4.26. The Balaban J connectivity index is 4.66. The topological polar surface area (TPSA) is 147 Å². The summed E-state index contributed by atoms with van der Waals surface area (Å²) in [5, 5.41) is 17.0. The van der Waals surface area contributed by atoms with E-state index in [9.17, 15) is 22.8 Å². The van der Waals surface area contributed by atoms with Gasteiger partial charge in [-0.05, 0) is 6.92 Å². The predicted molar refractivity (Wildman–Crippen MR) is 57.2 cm³/mol. The van der Waals surface area contributed by atoms with Crippen LogP contribution >= 0.6 is 0 Å². The normalized spacial score (nSPS) is 12.7. The summed E-state index contributed by atoms with van der Waals surface area (Å²) in [6, 6.07) is -1.83. The van der Waals surface area contributed by atoms with Gasteiger partial charge in [0.15, 0.2) is 5.75 Å². The van der Waals surface area contributed by atoms with E-state index >= 15 is 0 Å². The monoisotopic (exact) mass is 283 g/mol. The molecule has 0 heterocycles. The highest BCUT2D eigenvalue weighted by molar-refractivity contribution is 7.90. The van der Waals surface area contributed by atoms with Gasteiger partial charge in [0.05, 0.1) is 13.0 Å². The molecule has 9 nitrogen and oxygen atoms in total. The third-order valence-corrected chi connectivity index (χ3v) is 2.87. The van der Waals surface area contributed by atoms with Crippen molar-refractivity contribution in [2.75, 3.05) is 12.4 Å². The molecule has 10 heteroatoms. The highest BCUT2D eigenvalue weighted by atomic mass is 32.2.